The summed E-state index contributed by atoms with van der Waals surface area (Å²) in [6, 6.07) is 0. The highest BCUT2D eigenvalue weighted by molar-refractivity contribution is 5.81. The monoisotopic (exact) mass is 253 g/mol. The summed E-state index contributed by atoms with van der Waals surface area (Å²) in [5.41, 5.74) is 0. The molecule has 2 N–H and O–H groups in total. The summed E-state index contributed by atoms with van der Waals surface area (Å²) in [4.78, 5) is 24.1. The number of amides is 1. The van der Waals surface area contributed by atoms with Crippen LogP contribution in [-0.2, 0) is 22.6 Å². The number of alkyl halides is 3. The van der Waals surface area contributed by atoms with Crippen LogP contribution in [0.5, 0.6) is 0 Å². The van der Waals surface area contributed by atoms with Crippen LogP contribution < -0.4 is 5.32 Å². The topological polar surface area (TPSA) is 105 Å². The van der Waals surface area contributed by atoms with Crippen molar-refractivity contribution in [3.05, 3.63) is 11.7 Å². The lowest BCUT2D eigenvalue weighted by molar-refractivity contribution is -0.173. The number of aliphatic carboxylic acids is 1. The summed E-state index contributed by atoms with van der Waals surface area (Å²) in [6.07, 6.45) is -5.53. The van der Waals surface area contributed by atoms with Crippen molar-refractivity contribution >= 4 is 11.9 Å². The minimum Gasteiger partial charge on any atom is -0.481 e. The van der Waals surface area contributed by atoms with Crippen molar-refractivity contribution in [3.63, 3.8) is 0 Å². The van der Waals surface area contributed by atoms with Crippen LogP contribution in [0.1, 0.15) is 11.7 Å². The number of carboxylic acid groups (broad SMARTS) is 1. The average molecular weight is 253 g/mol. The zero-order valence-electron chi connectivity index (χ0n) is 8.11. The van der Waals surface area contributed by atoms with Crippen LogP contribution >= 0.6 is 0 Å². The largest absolute Gasteiger partial charge is 0.481 e. The molecule has 0 spiro atoms. The molecule has 0 radical (unpaired) electrons. The number of halogens is 3. The van der Waals surface area contributed by atoms with E-state index in [-0.39, 0.29) is 11.7 Å². The van der Waals surface area contributed by atoms with Crippen LogP contribution in [0.2, 0.25) is 0 Å². The van der Waals surface area contributed by atoms with Gasteiger partial charge < -0.3 is 14.9 Å². The van der Waals surface area contributed by atoms with Crippen molar-refractivity contribution in [2.75, 3.05) is 0 Å². The van der Waals surface area contributed by atoms with Crippen molar-refractivity contribution in [1.29, 1.82) is 0 Å². The van der Waals surface area contributed by atoms with E-state index in [1.165, 1.54) is 5.32 Å². The fourth-order valence-corrected chi connectivity index (χ4v) is 0.823. The SMILES string of the molecule is O=C(O)Cc1nc(CNC(=O)C(F)(F)F)no1. The Morgan fingerprint density at radius 3 is 2.59 bits per heavy atom. The Morgan fingerprint density at radius 2 is 2.06 bits per heavy atom. The molecule has 0 bridgehead atoms. The molecule has 0 saturated carbocycles. The molecule has 0 fully saturated rings. The van der Waals surface area contributed by atoms with E-state index < -0.39 is 31.0 Å². The lowest BCUT2D eigenvalue weighted by Gasteiger charge is -2.04. The number of carbonyl (C=O) groups excluding carboxylic acids is 1. The molecular formula is C7H6F3N3O4. The first kappa shape index (κ1) is 12.9. The number of hydrogen-bond donors (Lipinski definition) is 2. The minimum atomic E-state index is -4.99. The highest BCUT2D eigenvalue weighted by Gasteiger charge is 2.38. The first-order valence-corrected chi connectivity index (χ1v) is 4.17. The van der Waals surface area contributed by atoms with Crippen LogP contribution in [-0.4, -0.2) is 33.3 Å². The highest BCUT2D eigenvalue weighted by atomic mass is 19.4. The van der Waals surface area contributed by atoms with Gasteiger partial charge in [-0.3, -0.25) is 9.59 Å². The van der Waals surface area contributed by atoms with E-state index >= 15 is 0 Å². The maximum absolute atomic E-state index is 11.8. The smallest absolute Gasteiger partial charge is 0.471 e. The van der Waals surface area contributed by atoms with Crippen LogP contribution in [0.3, 0.4) is 0 Å². The van der Waals surface area contributed by atoms with Gasteiger partial charge in [0.25, 0.3) is 0 Å². The van der Waals surface area contributed by atoms with E-state index in [1.807, 2.05) is 0 Å². The van der Waals surface area contributed by atoms with E-state index in [0.29, 0.717) is 0 Å². The summed E-state index contributed by atoms with van der Waals surface area (Å²) in [5, 5.41) is 13.1. The number of aromatic nitrogens is 2. The van der Waals surface area contributed by atoms with Crippen molar-refractivity contribution < 1.29 is 32.4 Å². The Hall–Kier alpha value is -2.13. The molecular weight excluding hydrogens is 247 g/mol. The Bertz CT molecular complexity index is 428. The van der Waals surface area contributed by atoms with Gasteiger partial charge in [-0.25, -0.2) is 0 Å². The summed E-state index contributed by atoms with van der Waals surface area (Å²) < 4.78 is 39.7. The molecule has 7 nitrogen and oxygen atoms in total. The Morgan fingerprint density at radius 1 is 1.41 bits per heavy atom. The number of carboxylic acids is 1. The van der Waals surface area contributed by atoms with Crippen LogP contribution in [0.15, 0.2) is 4.52 Å². The van der Waals surface area contributed by atoms with E-state index in [4.69, 9.17) is 5.11 Å². The molecule has 0 aliphatic carbocycles. The van der Waals surface area contributed by atoms with Crippen LogP contribution in [0, 0.1) is 0 Å². The predicted octanol–water partition coefficient (Wildman–Crippen LogP) is -0.125. The summed E-state index contributed by atoms with van der Waals surface area (Å²) in [5.74, 6) is -3.85. The molecule has 1 heterocycles. The van der Waals surface area contributed by atoms with Crippen LogP contribution in [0.25, 0.3) is 0 Å². The molecule has 0 aromatic carbocycles. The molecule has 0 saturated heterocycles. The maximum Gasteiger partial charge on any atom is 0.471 e. The second-order valence-corrected chi connectivity index (χ2v) is 2.86. The highest BCUT2D eigenvalue weighted by Crippen LogP contribution is 2.14. The lowest BCUT2D eigenvalue weighted by atomic mass is 10.4. The standard InChI is InChI=1S/C7H6F3N3O4/c8-7(9,10)6(16)11-2-3-12-4(17-13-3)1-5(14)15/h1-2H2,(H,11,16)(H,14,15). The lowest BCUT2D eigenvalue weighted by Crippen LogP contribution is -2.36. The van der Waals surface area contributed by atoms with Gasteiger partial charge in [0.2, 0.25) is 5.89 Å². The second kappa shape index (κ2) is 4.80. The number of nitrogens with zero attached hydrogens (tertiary/aromatic N) is 2. The molecule has 1 aromatic heterocycles. The van der Waals surface area contributed by atoms with Gasteiger partial charge in [0, 0.05) is 0 Å². The summed E-state index contributed by atoms with van der Waals surface area (Å²) >= 11 is 0. The molecule has 1 amide bonds. The molecule has 0 aliphatic rings. The Labute approximate surface area is 91.6 Å². The van der Waals surface area contributed by atoms with Gasteiger partial charge in [-0.1, -0.05) is 5.16 Å². The Balaban J connectivity index is 2.50. The van der Waals surface area contributed by atoms with Crippen molar-refractivity contribution in [1.82, 2.24) is 15.5 Å². The van der Waals surface area contributed by atoms with Crippen molar-refractivity contribution in [2.45, 2.75) is 19.1 Å². The minimum absolute atomic E-state index is 0.237. The zero-order chi connectivity index (χ0) is 13.1. The first-order valence-electron chi connectivity index (χ1n) is 4.17. The van der Waals surface area contributed by atoms with Gasteiger partial charge in [0.15, 0.2) is 5.82 Å². The fourth-order valence-electron chi connectivity index (χ4n) is 0.823. The van der Waals surface area contributed by atoms with E-state index in [2.05, 4.69) is 14.7 Å². The molecule has 0 unspecified atom stereocenters. The number of carbonyl (C=O) groups is 2. The predicted molar refractivity (Wildman–Crippen MR) is 43.5 cm³/mol. The van der Waals surface area contributed by atoms with Crippen LogP contribution in [0.4, 0.5) is 13.2 Å². The summed E-state index contributed by atoms with van der Waals surface area (Å²) in [7, 11) is 0. The molecule has 17 heavy (non-hydrogen) atoms. The quantitative estimate of drug-likeness (QED) is 0.774. The molecule has 10 heteroatoms. The molecule has 1 aromatic rings. The fraction of sp³-hybridized carbons (Fsp3) is 0.429. The third-order valence-electron chi connectivity index (χ3n) is 1.48. The van der Waals surface area contributed by atoms with Gasteiger partial charge in [0.1, 0.15) is 6.42 Å². The summed E-state index contributed by atoms with van der Waals surface area (Å²) in [6.45, 7) is -0.596. The maximum atomic E-state index is 11.8. The number of rotatable bonds is 4. The van der Waals surface area contributed by atoms with Gasteiger partial charge >= 0.3 is 18.1 Å². The van der Waals surface area contributed by atoms with Crippen molar-refractivity contribution in [3.8, 4) is 0 Å². The van der Waals surface area contributed by atoms with Gasteiger partial charge in [-0.2, -0.15) is 18.2 Å². The van der Waals surface area contributed by atoms with Gasteiger partial charge in [-0.15, -0.1) is 0 Å². The van der Waals surface area contributed by atoms with Gasteiger partial charge in [-0.05, 0) is 0 Å². The third kappa shape index (κ3) is 4.09. The van der Waals surface area contributed by atoms with Crippen molar-refractivity contribution in [2.24, 2.45) is 0 Å². The zero-order valence-corrected chi connectivity index (χ0v) is 8.11. The van der Waals surface area contributed by atoms with Gasteiger partial charge in [0.05, 0.1) is 6.54 Å². The second-order valence-electron chi connectivity index (χ2n) is 2.86. The average Bonchev–Trinajstić information content (AvgIpc) is 2.59. The molecule has 94 valence electrons. The first-order chi connectivity index (χ1) is 7.79. The number of hydrogen-bond acceptors (Lipinski definition) is 5. The van der Waals surface area contributed by atoms with E-state index in [9.17, 15) is 22.8 Å². The van der Waals surface area contributed by atoms with E-state index in [1.54, 1.807) is 0 Å². The third-order valence-corrected chi connectivity index (χ3v) is 1.48. The Kier molecular flexibility index (Phi) is 3.66. The molecule has 1 rings (SSSR count). The normalized spacial score (nSPS) is 11.2. The molecule has 0 atom stereocenters. The van der Waals surface area contributed by atoms with E-state index in [0.717, 1.165) is 0 Å². The number of nitrogens with one attached hydrogen (secondary N) is 1. The molecule has 0 aliphatic heterocycles.